The van der Waals surface area contributed by atoms with E-state index in [1.54, 1.807) is 0 Å². The summed E-state index contributed by atoms with van der Waals surface area (Å²) in [5, 5.41) is 11.5. The molecule has 0 aliphatic carbocycles. The van der Waals surface area contributed by atoms with Crippen molar-refractivity contribution in [2.75, 3.05) is 0 Å². The average molecular weight is 343 g/mol. The largest absolute Gasteiger partial charge is 0.306 e. The summed E-state index contributed by atoms with van der Waals surface area (Å²) in [7, 11) is 0. The second-order valence-corrected chi connectivity index (χ2v) is 6.83. The maximum atomic E-state index is 6.22. The molecule has 5 heteroatoms. The van der Waals surface area contributed by atoms with Gasteiger partial charge in [0.15, 0.2) is 0 Å². The fourth-order valence-electron chi connectivity index (χ4n) is 1.65. The van der Waals surface area contributed by atoms with Crippen LogP contribution in [-0.4, -0.2) is 15.7 Å². The van der Waals surface area contributed by atoms with Gasteiger partial charge in [-0.15, -0.1) is 0 Å². The first-order chi connectivity index (χ1) is 8.85. The maximum absolute atomic E-state index is 6.22. The third-order valence-corrected chi connectivity index (χ3v) is 3.45. The highest BCUT2D eigenvalue weighted by Gasteiger charge is 2.11. The topological polar surface area (TPSA) is 40.7 Å². The van der Waals surface area contributed by atoms with Gasteiger partial charge in [-0.3, -0.25) is 5.10 Å². The molecule has 1 aromatic heterocycles. The molecule has 3 nitrogen and oxygen atoms in total. The molecule has 0 radical (unpaired) electrons. The smallest absolute Gasteiger partial charge is 0.0939 e. The monoisotopic (exact) mass is 341 g/mol. The van der Waals surface area contributed by atoms with Gasteiger partial charge in [0.25, 0.3) is 0 Å². The van der Waals surface area contributed by atoms with E-state index in [2.05, 4.69) is 52.2 Å². The predicted molar refractivity (Wildman–Crippen MR) is 83.3 cm³/mol. The molecule has 0 saturated heterocycles. The lowest BCUT2D eigenvalue weighted by molar-refractivity contribution is 0.421. The number of H-pyrrole nitrogens is 1. The van der Waals surface area contributed by atoms with Crippen molar-refractivity contribution >= 4 is 27.5 Å². The lowest BCUT2D eigenvalue weighted by Crippen LogP contribution is -2.35. The van der Waals surface area contributed by atoms with Crippen molar-refractivity contribution in [2.24, 2.45) is 0 Å². The number of halogens is 2. The fraction of sp³-hybridized carbons (Fsp3) is 0.357. The molecular formula is C14H17BrClN3. The standard InChI is InChI=1S/C14H17BrClN3/c1-14(2,3)17-8-10-7-13(19-18-10)11-5-4-9(15)6-12(11)16/h4-7,17H,8H2,1-3H3,(H,18,19). The highest BCUT2D eigenvalue weighted by molar-refractivity contribution is 9.10. The van der Waals surface area contributed by atoms with Crippen LogP contribution < -0.4 is 5.32 Å². The molecule has 2 N–H and O–H groups in total. The summed E-state index contributed by atoms with van der Waals surface area (Å²) in [5.74, 6) is 0. The van der Waals surface area contributed by atoms with Crippen LogP contribution >= 0.6 is 27.5 Å². The van der Waals surface area contributed by atoms with Gasteiger partial charge in [-0.25, -0.2) is 0 Å². The minimum atomic E-state index is 0.0839. The number of aromatic nitrogens is 2. The zero-order valence-electron chi connectivity index (χ0n) is 11.2. The molecule has 0 atom stereocenters. The van der Waals surface area contributed by atoms with Gasteiger partial charge in [0, 0.05) is 27.8 Å². The molecule has 0 bridgehead atoms. The Balaban J connectivity index is 2.16. The van der Waals surface area contributed by atoms with E-state index < -0.39 is 0 Å². The zero-order valence-corrected chi connectivity index (χ0v) is 13.6. The summed E-state index contributed by atoms with van der Waals surface area (Å²) in [6.45, 7) is 7.16. The Bertz CT molecular complexity index is 572. The van der Waals surface area contributed by atoms with Gasteiger partial charge >= 0.3 is 0 Å². The van der Waals surface area contributed by atoms with E-state index in [-0.39, 0.29) is 5.54 Å². The Morgan fingerprint density at radius 3 is 2.68 bits per heavy atom. The van der Waals surface area contributed by atoms with Crippen LogP contribution in [0.25, 0.3) is 11.3 Å². The van der Waals surface area contributed by atoms with Crippen molar-refractivity contribution in [1.29, 1.82) is 0 Å². The van der Waals surface area contributed by atoms with Crippen LogP contribution in [0.5, 0.6) is 0 Å². The van der Waals surface area contributed by atoms with Gasteiger partial charge < -0.3 is 5.32 Å². The number of hydrogen-bond acceptors (Lipinski definition) is 2. The van der Waals surface area contributed by atoms with Gasteiger partial charge in [0.05, 0.1) is 10.7 Å². The van der Waals surface area contributed by atoms with Crippen LogP contribution in [0.2, 0.25) is 5.02 Å². The van der Waals surface area contributed by atoms with Gasteiger partial charge in [0.1, 0.15) is 0 Å². The third-order valence-electron chi connectivity index (χ3n) is 2.65. The molecule has 0 amide bonds. The predicted octanol–water partition coefficient (Wildman–Crippen LogP) is 4.38. The second kappa shape index (κ2) is 5.65. The van der Waals surface area contributed by atoms with Crippen molar-refractivity contribution in [1.82, 2.24) is 15.5 Å². The molecule has 1 aromatic carbocycles. The molecule has 2 rings (SSSR count). The summed E-state index contributed by atoms with van der Waals surface area (Å²) in [6.07, 6.45) is 0. The Kier molecular flexibility index (Phi) is 4.33. The van der Waals surface area contributed by atoms with Crippen molar-refractivity contribution in [3.05, 3.63) is 39.5 Å². The lowest BCUT2D eigenvalue weighted by Gasteiger charge is -2.19. The van der Waals surface area contributed by atoms with Crippen LogP contribution in [0.4, 0.5) is 0 Å². The molecule has 0 saturated carbocycles. The molecule has 2 aromatic rings. The van der Waals surface area contributed by atoms with Crippen LogP contribution in [0.3, 0.4) is 0 Å². The molecule has 0 aliphatic rings. The Morgan fingerprint density at radius 2 is 2.05 bits per heavy atom. The summed E-state index contributed by atoms with van der Waals surface area (Å²) in [4.78, 5) is 0. The minimum Gasteiger partial charge on any atom is -0.306 e. The first kappa shape index (κ1) is 14.6. The summed E-state index contributed by atoms with van der Waals surface area (Å²) in [5.41, 5.74) is 2.93. The highest BCUT2D eigenvalue weighted by atomic mass is 79.9. The van der Waals surface area contributed by atoms with E-state index in [1.807, 2.05) is 24.3 Å². The van der Waals surface area contributed by atoms with E-state index in [0.717, 1.165) is 28.0 Å². The molecule has 0 aliphatic heterocycles. The van der Waals surface area contributed by atoms with E-state index in [0.29, 0.717) is 5.02 Å². The Labute approximate surface area is 126 Å². The van der Waals surface area contributed by atoms with E-state index in [9.17, 15) is 0 Å². The second-order valence-electron chi connectivity index (χ2n) is 5.51. The summed E-state index contributed by atoms with van der Waals surface area (Å²) < 4.78 is 0.964. The van der Waals surface area contributed by atoms with Crippen LogP contribution in [0.1, 0.15) is 26.5 Å². The number of benzene rings is 1. The van der Waals surface area contributed by atoms with Gasteiger partial charge in [0.2, 0.25) is 0 Å². The first-order valence-corrected chi connectivity index (χ1v) is 7.27. The molecule has 102 valence electrons. The molecule has 0 unspecified atom stereocenters. The number of rotatable bonds is 3. The number of aromatic amines is 1. The van der Waals surface area contributed by atoms with Gasteiger partial charge in [-0.05, 0) is 39.0 Å². The quantitative estimate of drug-likeness (QED) is 0.869. The highest BCUT2D eigenvalue weighted by Crippen LogP contribution is 2.29. The zero-order chi connectivity index (χ0) is 14.0. The molecular weight excluding hydrogens is 326 g/mol. The third kappa shape index (κ3) is 4.06. The molecule has 1 heterocycles. The SMILES string of the molecule is CC(C)(C)NCc1cc(-c2ccc(Br)cc2Cl)n[nH]1. The maximum Gasteiger partial charge on any atom is 0.0939 e. The number of hydrogen-bond donors (Lipinski definition) is 2. The van der Waals surface area contributed by atoms with E-state index >= 15 is 0 Å². The van der Waals surface area contributed by atoms with E-state index in [4.69, 9.17) is 11.6 Å². The van der Waals surface area contributed by atoms with Crippen molar-refractivity contribution in [2.45, 2.75) is 32.9 Å². The molecule has 0 fully saturated rings. The van der Waals surface area contributed by atoms with Crippen LogP contribution in [0, 0.1) is 0 Å². The lowest BCUT2D eigenvalue weighted by atomic mass is 10.1. The van der Waals surface area contributed by atoms with Crippen LogP contribution in [0.15, 0.2) is 28.7 Å². The first-order valence-electron chi connectivity index (χ1n) is 6.10. The van der Waals surface area contributed by atoms with Crippen molar-refractivity contribution in [3.63, 3.8) is 0 Å². The average Bonchev–Trinajstić information content (AvgIpc) is 2.74. The number of nitrogens with zero attached hydrogens (tertiary/aromatic N) is 1. The summed E-state index contributed by atoms with van der Waals surface area (Å²) in [6, 6.07) is 7.82. The molecule has 19 heavy (non-hydrogen) atoms. The Morgan fingerprint density at radius 1 is 1.32 bits per heavy atom. The Hall–Kier alpha value is -0.840. The minimum absolute atomic E-state index is 0.0839. The molecule has 0 spiro atoms. The van der Waals surface area contributed by atoms with Gasteiger partial charge in [-0.1, -0.05) is 33.6 Å². The van der Waals surface area contributed by atoms with Crippen LogP contribution in [-0.2, 0) is 6.54 Å². The van der Waals surface area contributed by atoms with E-state index in [1.165, 1.54) is 0 Å². The number of nitrogens with one attached hydrogen (secondary N) is 2. The van der Waals surface area contributed by atoms with Crippen molar-refractivity contribution in [3.8, 4) is 11.3 Å². The normalized spacial score (nSPS) is 11.8. The van der Waals surface area contributed by atoms with Crippen molar-refractivity contribution < 1.29 is 0 Å². The summed E-state index contributed by atoms with van der Waals surface area (Å²) >= 11 is 9.62. The fourth-order valence-corrected chi connectivity index (χ4v) is 2.42. The van der Waals surface area contributed by atoms with Gasteiger partial charge in [-0.2, -0.15) is 5.10 Å².